The van der Waals surface area contributed by atoms with Gasteiger partial charge in [0, 0.05) is 169 Å². The SMILES string of the molecule is C.CC(C)NC1CCCCC1.CC(C)NC1CCN(C)CC1.CC(C)NCC1CC1.CC(C)NCC1CCC1.CC(C)NCCC1CCCC1.CC(C)NCCN1CCOCC1.CC(C)NCCc1ccc(O)cc1.CC(C)NCc1ccc(F)cc1.CC(C)NCc1cccn1C.CCN(CC)CCNC(C)C.CCN(CC)CCNC(C)C.COc1ccc(CCNC(C)C)cc1. The summed E-state index contributed by atoms with van der Waals surface area (Å²) >= 11 is 0. The number of phenols is 1. The number of halogens is 1. The maximum Gasteiger partial charge on any atom is 0.123 e. The zero-order valence-corrected chi connectivity index (χ0v) is 92.6. The molecule has 6 aliphatic rings. The van der Waals surface area contributed by atoms with Crippen molar-refractivity contribution in [3.05, 3.63) is 119 Å². The molecule has 4 saturated carbocycles. The van der Waals surface area contributed by atoms with Gasteiger partial charge in [-0.15, -0.1) is 0 Å². The van der Waals surface area contributed by atoms with Crippen molar-refractivity contribution in [3.63, 3.8) is 0 Å². The summed E-state index contributed by atoms with van der Waals surface area (Å²) in [4.78, 5) is 9.70. The molecule has 0 spiro atoms. The Morgan fingerprint density at radius 3 is 1.14 bits per heavy atom. The standard InChI is InChI=1S/C12H19NO.C11H17NO.C10H14FN.C10H21N.C9H20N2O.C9H20N2.C9H16N2.2C9H22N2.C9H19N.C8H17N.C7H15N.CH4/c1-10(2)13-9-8-11-4-6-12(14-3)7-5-11;1-9(2)12-8-7-10-3-5-11(13)6-4-10;1-8(2)12-7-9-3-5-10(11)6-4-9;1-9(2)11-8-7-10-5-3-4-6-10;1-9(2)10-3-4-11-5-7-12-8-6-11;1-8(2)10-9-4-6-11(3)7-5-9;1-8(2)10-7-9-5-4-6-11(9)3;2*1-5-11(6-2)8-7-10-9(3)4;1-8(2)10-9-6-4-3-5-7-9;1-7(2)9-6-8-4-3-5-8;1-6(2)8-5-7-3-4-7;/h4-7,10,13H,8-9H2,1-3H3;3-6,9,12-13H,7-8H2,1-2H3;3-6,8,12H,7H2,1-2H3;9-11H,3-8H2,1-2H3;9-10H,3-8H2,1-2H3;8-10H,4-7H2,1-3H3;4-6,8,10H,7H2,1-3H3;2*9-10H,5-8H2,1-4H3;8-10H,3-7H2,1-2H3;7-9H,3-6H2,1-2H3;6-8H,3-5H2,1-2H3;1H4. The number of piperidine rings is 1. The minimum Gasteiger partial charge on any atom is -0.508 e. The summed E-state index contributed by atoms with van der Waals surface area (Å²) in [6.07, 6.45) is 28.5. The molecule has 0 atom stereocenters. The Balaban J connectivity index is -0.00000140. The monoisotopic (exact) mass is 1890 g/mol. The fourth-order valence-electron chi connectivity index (χ4n) is 14.9. The Morgan fingerprint density at radius 1 is 0.388 bits per heavy atom. The first kappa shape index (κ1) is 134. The summed E-state index contributed by atoms with van der Waals surface area (Å²) in [5.74, 6) is 4.15. The molecule has 2 saturated heterocycles. The topological polar surface area (TPSA) is 201 Å². The number of nitrogens with one attached hydrogen (secondary N) is 12. The molecule has 0 amide bonds. The number of benzene rings is 3. The van der Waals surface area contributed by atoms with Gasteiger partial charge in [-0.25, -0.2) is 4.39 Å². The molecular weight excluding hydrogens is 1660 g/mol. The number of likely N-dealkylation sites (N-methyl/N-ethyl adjacent to an activating group) is 2. The number of phenolic OH excluding ortho intramolecular Hbond substituents is 1. The molecule has 134 heavy (non-hydrogen) atoms. The van der Waals surface area contributed by atoms with Crippen molar-refractivity contribution in [2.75, 3.05) is 152 Å². The van der Waals surface area contributed by atoms with Crippen LogP contribution in [0.5, 0.6) is 11.5 Å². The molecule has 2 aliphatic heterocycles. The third-order valence-corrected chi connectivity index (χ3v) is 23.8. The zero-order valence-electron chi connectivity index (χ0n) is 92.6. The van der Waals surface area contributed by atoms with Crippen LogP contribution in [-0.4, -0.2) is 266 Å². The molecule has 6 fully saturated rings. The van der Waals surface area contributed by atoms with Crippen LogP contribution in [0.3, 0.4) is 0 Å². The van der Waals surface area contributed by atoms with Gasteiger partial charge in [0.2, 0.25) is 0 Å². The molecule has 10 rings (SSSR count). The van der Waals surface area contributed by atoms with E-state index in [-0.39, 0.29) is 13.2 Å². The molecule has 4 aliphatic carbocycles. The van der Waals surface area contributed by atoms with E-state index < -0.39 is 0 Å². The average molecular weight is 1890 g/mol. The van der Waals surface area contributed by atoms with Gasteiger partial charge in [-0.2, -0.15) is 0 Å². The van der Waals surface area contributed by atoms with Crippen molar-refractivity contribution in [1.29, 1.82) is 0 Å². The quantitative estimate of drug-likeness (QED) is 0.0199. The molecule has 0 bridgehead atoms. The summed E-state index contributed by atoms with van der Waals surface area (Å²) in [6, 6.07) is 35.2. The molecule has 21 heteroatoms. The molecule has 13 N–H and O–H groups in total. The second-order valence-electron chi connectivity index (χ2n) is 41.3. The lowest BCUT2D eigenvalue weighted by Gasteiger charge is -2.30. The van der Waals surface area contributed by atoms with Gasteiger partial charge in [0.05, 0.1) is 20.3 Å². The summed E-state index contributed by atoms with van der Waals surface area (Å²) in [5, 5.41) is 50.1. The number of morpholine rings is 1. The smallest absolute Gasteiger partial charge is 0.123 e. The third kappa shape index (κ3) is 89.2. The second kappa shape index (κ2) is 88.9. The number of ether oxygens (including phenoxy) is 2. The Bertz CT molecular complexity index is 3000. The normalized spacial score (nSPS) is 15.4. The first-order chi connectivity index (χ1) is 63.3. The Labute approximate surface area is 830 Å². The Kier molecular flexibility index (Phi) is 88.9. The predicted octanol–water partition coefficient (Wildman–Crippen LogP) is 20.8. The van der Waals surface area contributed by atoms with Gasteiger partial charge >= 0.3 is 0 Å². The van der Waals surface area contributed by atoms with Gasteiger partial charge in [-0.3, -0.25) is 4.90 Å². The number of aryl methyl sites for hydroxylation is 1. The summed E-state index contributed by atoms with van der Waals surface area (Å²) in [7, 11) is 5.96. The van der Waals surface area contributed by atoms with Crippen molar-refractivity contribution >= 4 is 0 Å². The Morgan fingerprint density at radius 2 is 0.761 bits per heavy atom. The van der Waals surface area contributed by atoms with E-state index in [0.717, 1.165) is 159 Å². The van der Waals surface area contributed by atoms with E-state index in [1.807, 2.05) is 24.3 Å². The Hall–Kier alpha value is -4.21. The van der Waals surface area contributed by atoms with Crippen LogP contribution in [0.4, 0.5) is 4.39 Å². The average Bonchev–Trinajstić information content (AvgIpc) is 1.78. The molecule has 3 heterocycles. The van der Waals surface area contributed by atoms with Crippen molar-refractivity contribution in [1.82, 2.24) is 88.0 Å². The summed E-state index contributed by atoms with van der Waals surface area (Å²) < 4.78 is 25.0. The van der Waals surface area contributed by atoms with E-state index in [0.29, 0.717) is 78.3 Å². The van der Waals surface area contributed by atoms with Crippen LogP contribution in [0.25, 0.3) is 0 Å². The lowest BCUT2D eigenvalue weighted by molar-refractivity contribution is 0.0382. The summed E-state index contributed by atoms with van der Waals surface area (Å²) in [6.45, 7) is 86.6. The van der Waals surface area contributed by atoms with Crippen LogP contribution < -0.4 is 68.5 Å². The third-order valence-electron chi connectivity index (χ3n) is 23.8. The molecule has 0 radical (unpaired) electrons. The fourth-order valence-corrected chi connectivity index (χ4v) is 14.9. The van der Waals surface area contributed by atoms with Crippen molar-refractivity contribution in [3.8, 4) is 11.5 Å². The molecule has 788 valence electrons. The van der Waals surface area contributed by atoms with Gasteiger partial charge in [0.15, 0.2) is 0 Å². The maximum absolute atomic E-state index is 12.5. The largest absolute Gasteiger partial charge is 0.508 e. The van der Waals surface area contributed by atoms with E-state index in [9.17, 15) is 4.39 Å². The van der Waals surface area contributed by atoms with Crippen LogP contribution in [0.15, 0.2) is 91.1 Å². The molecule has 3 aromatic carbocycles. The minimum atomic E-state index is -0.178. The van der Waals surface area contributed by atoms with Crippen molar-refractivity contribution in [2.24, 2.45) is 24.8 Å². The molecule has 4 aromatic rings. The maximum atomic E-state index is 12.5. The molecule has 0 unspecified atom stereocenters. The van der Waals surface area contributed by atoms with Crippen LogP contribution >= 0.6 is 0 Å². The van der Waals surface area contributed by atoms with Crippen LogP contribution in [0.2, 0.25) is 0 Å². The van der Waals surface area contributed by atoms with Gasteiger partial charge < -0.3 is 97.6 Å². The highest BCUT2D eigenvalue weighted by Crippen LogP contribution is 2.29. The number of nitrogens with zero attached hydrogens (tertiary/aromatic N) is 5. The van der Waals surface area contributed by atoms with Crippen LogP contribution in [0, 0.1) is 23.6 Å². The van der Waals surface area contributed by atoms with Crippen LogP contribution in [-0.2, 0) is 37.7 Å². The molecular formula is C113H226FN17O3. The molecule has 1 aromatic heterocycles. The lowest BCUT2D eigenvalue weighted by atomic mass is 9.85. The van der Waals surface area contributed by atoms with E-state index in [4.69, 9.17) is 14.6 Å². The van der Waals surface area contributed by atoms with E-state index in [1.165, 1.54) is 184 Å². The summed E-state index contributed by atoms with van der Waals surface area (Å²) in [5.41, 5.74) is 5.05. The van der Waals surface area contributed by atoms with Gasteiger partial charge in [-0.1, -0.05) is 289 Å². The highest BCUT2D eigenvalue weighted by Gasteiger charge is 2.22. The highest BCUT2D eigenvalue weighted by atomic mass is 19.1. The number of hydrogen-bond donors (Lipinski definition) is 13. The van der Waals surface area contributed by atoms with E-state index >= 15 is 0 Å². The second-order valence-corrected chi connectivity index (χ2v) is 41.3. The first-order valence-electron chi connectivity index (χ1n) is 53.9. The molecule has 20 nitrogen and oxygen atoms in total. The van der Waals surface area contributed by atoms with E-state index in [1.54, 1.807) is 31.4 Å². The van der Waals surface area contributed by atoms with Gasteiger partial charge in [0.25, 0.3) is 0 Å². The number of aromatic nitrogens is 1. The number of methoxy groups -OCH3 is 1. The number of rotatable bonds is 45. The first-order valence-corrected chi connectivity index (χ1v) is 53.9. The van der Waals surface area contributed by atoms with E-state index in [2.05, 4.69) is 326 Å². The number of aromatic hydroxyl groups is 1. The highest BCUT2D eigenvalue weighted by molar-refractivity contribution is 5.28. The van der Waals surface area contributed by atoms with Gasteiger partial charge in [0.1, 0.15) is 17.3 Å². The number of likely N-dealkylation sites (tertiary alicyclic amines) is 1. The zero-order chi connectivity index (χ0) is 99.9. The van der Waals surface area contributed by atoms with Crippen molar-refractivity contribution in [2.45, 2.75) is 421 Å². The number of hydrogen-bond acceptors (Lipinski definition) is 19. The minimum absolute atomic E-state index is 0. The fraction of sp³-hybridized carbons (Fsp3) is 0.805. The van der Waals surface area contributed by atoms with Crippen LogP contribution in [0.1, 0.15) is 333 Å². The van der Waals surface area contributed by atoms with Gasteiger partial charge in [-0.05, 0) is 233 Å². The predicted molar refractivity (Wildman–Crippen MR) is 590 cm³/mol. The lowest BCUT2D eigenvalue weighted by Crippen LogP contribution is -2.43. The van der Waals surface area contributed by atoms with Crippen molar-refractivity contribution < 1.29 is 19.0 Å².